The molecule has 0 spiro atoms. The molecular weight excluding hydrogens is 238 g/mol. The summed E-state index contributed by atoms with van der Waals surface area (Å²) < 4.78 is 0. The van der Waals surface area contributed by atoms with Gasteiger partial charge in [-0.3, -0.25) is 0 Å². The van der Waals surface area contributed by atoms with E-state index in [4.69, 9.17) is 0 Å². The lowest BCUT2D eigenvalue weighted by Crippen LogP contribution is -2.30. The smallest absolute Gasteiger partial charge is 0.0931 e. The number of hydrogen-bond acceptors (Lipinski definition) is 3. The molecule has 102 valence electrons. The summed E-state index contributed by atoms with van der Waals surface area (Å²) in [6.45, 7) is 0. The van der Waals surface area contributed by atoms with Crippen molar-refractivity contribution in [1.29, 1.82) is 0 Å². The molecule has 1 aliphatic rings. The number of benzene rings is 1. The maximum absolute atomic E-state index is 9.63. The maximum Gasteiger partial charge on any atom is 0.0931 e. The molecule has 3 N–H and O–H groups in total. The lowest BCUT2D eigenvalue weighted by atomic mass is 9.80. The Morgan fingerprint density at radius 2 is 2.11 bits per heavy atom. The van der Waals surface area contributed by atoms with E-state index in [2.05, 4.69) is 33.5 Å². The van der Waals surface area contributed by atoms with Crippen LogP contribution in [-0.4, -0.2) is 28.2 Å². The van der Waals surface area contributed by atoms with Gasteiger partial charge in [0.2, 0.25) is 0 Å². The maximum atomic E-state index is 9.63. The molecule has 0 aliphatic heterocycles. The van der Waals surface area contributed by atoms with Gasteiger partial charge < -0.3 is 15.4 Å². The fourth-order valence-corrected chi connectivity index (χ4v) is 3.26. The summed E-state index contributed by atoms with van der Waals surface area (Å²) in [5, 5.41) is 13.1. The minimum atomic E-state index is -0.0937. The number of imidazole rings is 1. The van der Waals surface area contributed by atoms with Gasteiger partial charge in [0.05, 0.1) is 23.5 Å². The summed E-state index contributed by atoms with van der Waals surface area (Å²) in [4.78, 5) is 7.43. The first-order chi connectivity index (χ1) is 9.28. The van der Waals surface area contributed by atoms with E-state index in [1.807, 2.05) is 7.05 Å². The van der Waals surface area contributed by atoms with Gasteiger partial charge in [-0.2, -0.15) is 0 Å². The quantitative estimate of drug-likeness (QED) is 0.793. The Kier molecular flexibility index (Phi) is 3.53. The van der Waals surface area contributed by atoms with E-state index in [1.54, 1.807) is 6.33 Å². The number of fused-ring (bicyclic) bond motifs is 1. The first-order valence-electron chi connectivity index (χ1n) is 7.06. The van der Waals surface area contributed by atoms with Gasteiger partial charge in [0.1, 0.15) is 0 Å². The molecular formula is C15H21N3O. The number of aliphatic hydroxyl groups excluding tert-OH is 1. The van der Waals surface area contributed by atoms with Gasteiger partial charge in [-0.25, -0.2) is 4.98 Å². The summed E-state index contributed by atoms with van der Waals surface area (Å²) >= 11 is 0. The summed E-state index contributed by atoms with van der Waals surface area (Å²) in [6, 6.07) is 6.78. The molecule has 0 radical (unpaired) electrons. The fourth-order valence-electron chi connectivity index (χ4n) is 3.26. The SMILES string of the molecule is CNC(c1ccc2nc[nH]c2c1)C1CCC(O)CC1. The fraction of sp³-hybridized carbons (Fsp3) is 0.533. The predicted octanol–water partition coefficient (Wildman–Crippen LogP) is 2.37. The minimum Gasteiger partial charge on any atom is -0.393 e. The Bertz CT molecular complexity index is 543. The van der Waals surface area contributed by atoms with Crippen molar-refractivity contribution in [2.45, 2.75) is 37.8 Å². The van der Waals surface area contributed by atoms with Crippen molar-refractivity contribution in [2.75, 3.05) is 7.05 Å². The van der Waals surface area contributed by atoms with Crippen LogP contribution in [0.25, 0.3) is 11.0 Å². The van der Waals surface area contributed by atoms with Crippen molar-refractivity contribution in [3.05, 3.63) is 30.1 Å². The number of H-pyrrole nitrogens is 1. The predicted molar refractivity (Wildman–Crippen MR) is 75.9 cm³/mol. The molecule has 1 saturated carbocycles. The van der Waals surface area contributed by atoms with Crippen LogP contribution in [0.2, 0.25) is 0 Å². The molecule has 19 heavy (non-hydrogen) atoms. The van der Waals surface area contributed by atoms with Crippen LogP contribution < -0.4 is 5.32 Å². The van der Waals surface area contributed by atoms with Gasteiger partial charge in [-0.05, 0) is 56.3 Å². The van der Waals surface area contributed by atoms with E-state index in [0.717, 1.165) is 36.7 Å². The molecule has 1 fully saturated rings. The molecule has 1 unspecified atom stereocenters. The average molecular weight is 259 g/mol. The topological polar surface area (TPSA) is 60.9 Å². The highest BCUT2D eigenvalue weighted by Crippen LogP contribution is 2.35. The molecule has 2 aromatic rings. The zero-order valence-corrected chi connectivity index (χ0v) is 11.3. The minimum absolute atomic E-state index is 0.0937. The second kappa shape index (κ2) is 5.31. The average Bonchev–Trinajstić information content (AvgIpc) is 2.89. The number of rotatable bonds is 3. The molecule has 0 amide bonds. The first kappa shape index (κ1) is 12.6. The molecule has 0 bridgehead atoms. The van der Waals surface area contributed by atoms with Crippen LogP contribution in [0, 0.1) is 5.92 Å². The van der Waals surface area contributed by atoms with E-state index in [1.165, 1.54) is 5.56 Å². The largest absolute Gasteiger partial charge is 0.393 e. The molecule has 1 aromatic heterocycles. The number of hydrogen-bond donors (Lipinski definition) is 3. The number of aliphatic hydroxyl groups is 1. The van der Waals surface area contributed by atoms with Crippen molar-refractivity contribution in [1.82, 2.24) is 15.3 Å². The van der Waals surface area contributed by atoms with Gasteiger partial charge in [-0.15, -0.1) is 0 Å². The first-order valence-corrected chi connectivity index (χ1v) is 7.06. The summed E-state index contributed by atoms with van der Waals surface area (Å²) in [6.07, 6.45) is 5.68. The summed E-state index contributed by atoms with van der Waals surface area (Å²) in [5.74, 6) is 0.605. The van der Waals surface area contributed by atoms with Gasteiger partial charge >= 0.3 is 0 Å². The van der Waals surface area contributed by atoms with Crippen LogP contribution in [0.1, 0.15) is 37.3 Å². The molecule has 0 saturated heterocycles. The molecule has 3 rings (SSSR count). The van der Waals surface area contributed by atoms with E-state index >= 15 is 0 Å². The van der Waals surface area contributed by atoms with Crippen LogP contribution in [-0.2, 0) is 0 Å². The van der Waals surface area contributed by atoms with Crippen LogP contribution >= 0.6 is 0 Å². The molecule has 4 heteroatoms. The Morgan fingerprint density at radius 1 is 1.32 bits per heavy atom. The third kappa shape index (κ3) is 2.51. The van der Waals surface area contributed by atoms with Gasteiger partial charge in [-0.1, -0.05) is 6.07 Å². The van der Waals surface area contributed by atoms with E-state index in [-0.39, 0.29) is 6.10 Å². The van der Waals surface area contributed by atoms with Crippen molar-refractivity contribution in [2.24, 2.45) is 5.92 Å². The van der Waals surface area contributed by atoms with E-state index < -0.39 is 0 Å². The Morgan fingerprint density at radius 3 is 2.84 bits per heavy atom. The van der Waals surface area contributed by atoms with Crippen LogP contribution in [0.4, 0.5) is 0 Å². The highest BCUT2D eigenvalue weighted by molar-refractivity contribution is 5.75. The van der Waals surface area contributed by atoms with Crippen molar-refractivity contribution in [3.63, 3.8) is 0 Å². The second-order valence-electron chi connectivity index (χ2n) is 5.51. The van der Waals surface area contributed by atoms with Crippen LogP contribution in [0.15, 0.2) is 24.5 Å². The number of nitrogens with one attached hydrogen (secondary N) is 2. The number of nitrogens with zero attached hydrogens (tertiary/aromatic N) is 1. The molecule has 1 aromatic carbocycles. The Hall–Kier alpha value is -1.39. The van der Waals surface area contributed by atoms with Gasteiger partial charge in [0.15, 0.2) is 0 Å². The molecule has 1 atom stereocenters. The van der Waals surface area contributed by atoms with Crippen LogP contribution in [0.5, 0.6) is 0 Å². The third-order valence-electron chi connectivity index (χ3n) is 4.33. The zero-order valence-electron chi connectivity index (χ0n) is 11.3. The van der Waals surface area contributed by atoms with Gasteiger partial charge in [0, 0.05) is 6.04 Å². The Balaban J connectivity index is 1.84. The third-order valence-corrected chi connectivity index (χ3v) is 4.33. The monoisotopic (exact) mass is 259 g/mol. The Labute approximate surface area is 113 Å². The summed E-state index contributed by atoms with van der Waals surface area (Å²) in [5.41, 5.74) is 3.41. The molecule has 4 nitrogen and oxygen atoms in total. The lowest BCUT2D eigenvalue weighted by molar-refractivity contribution is 0.0981. The standard InChI is InChI=1S/C15H21N3O/c1-16-15(10-2-5-12(19)6-3-10)11-4-7-13-14(8-11)18-9-17-13/h4,7-10,12,15-16,19H,2-3,5-6H2,1H3,(H,17,18). The normalized spacial score (nSPS) is 25.6. The highest BCUT2D eigenvalue weighted by atomic mass is 16.3. The lowest BCUT2D eigenvalue weighted by Gasteiger charge is -2.32. The zero-order chi connectivity index (χ0) is 13.2. The molecule has 1 heterocycles. The molecule has 1 aliphatic carbocycles. The van der Waals surface area contributed by atoms with Crippen molar-refractivity contribution in [3.8, 4) is 0 Å². The van der Waals surface area contributed by atoms with E-state index in [9.17, 15) is 5.11 Å². The summed E-state index contributed by atoms with van der Waals surface area (Å²) in [7, 11) is 2.02. The second-order valence-corrected chi connectivity index (χ2v) is 5.51. The van der Waals surface area contributed by atoms with E-state index in [0.29, 0.717) is 12.0 Å². The van der Waals surface area contributed by atoms with Crippen molar-refractivity contribution >= 4 is 11.0 Å². The number of aromatic amines is 1. The highest BCUT2D eigenvalue weighted by Gasteiger charge is 2.27. The van der Waals surface area contributed by atoms with Crippen molar-refractivity contribution < 1.29 is 5.11 Å². The van der Waals surface area contributed by atoms with Crippen LogP contribution in [0.3, 0.4) is 0 Å². The van der Waals surface area contributed by atoms with Gasteiger partial charge in [0.25, 0.3) is 0 Å². The number of aromatic nitrogens is 2.